The molecule has 4 aromatic heterocycles. The van der Waals surface area contributed by atoms with E-state index in [4.69, 9.17) is 0 Å². The van der Waals surface area contributed by atoms with Crippen molar-refractivity contribution in [2.24, 2.45) is 0 Å². The molecular formula is C38H25BN2S2. The fourth-order valence-corrected chi connectivity index (χ4v) is 10.7. The van der Waals surface area contributed by atoms with Crippen LogP contribution in [0.25, 0.3) is 79.2 Å². The molecule has 5 aromatic carbocycles. The summed E-state index contributed by atoms with van der Waals surface area (Å²) in [5.41, 5.74) is 13.8. The van der Waals surface area contributed by atoms with E-state index in [0.29, 0.717) is 0 Å². The normalized spacial score (nSPS) is 13.9. The Hall–Kier alpha value is -4.32. The van der Waals surface area contributed by atoms with Crippen LogP contribution in [0.1, 0.15) is 26.3 Å². The number of thiophene rings is 2. The van der Waals surface area contributed by atoms with E-state index in [1.54, 1.807) is 0 Å². The molecule has 43 heavy (non-hydrogen) atoms. The second-order valence-electron chi connectivity index (χ2n) is 13.3. The van der Waals surface area contributed by atoms with E-state index in [1.807, 2.05) is 22.7 Å². The van der Waals surface area contributed by atoms with Gasteiger partial charge in [0.05, 0.1) is 25.9 Å². The summed E-state index contributed by atoms with van der Waals surface area (Å²) in [7, 11) is 0. The Labute approximate surface area is 256 Å². The lowest BCUT2D eigenvalue weighted by molar-refractivity contribution is 0.590. The summed E-state index contributed by atoms with van der Waals surface area (Å²) < 4.78 is 10.9. The smallest absolute Gasteiger partial charge is 0.333 e. The van der Waals surface area contributed by atoms with Crippen LogP contribution in [0.5, 0.6) is 0 Å². The lowest BCUT2D eigenvalue weighted by Gasteiger charge is -2.35. The molecule has 2 aliphatic rings. The first-order valence-corrected chi connectivity index (χ1v) is 16.7. The number of fused-ring (bicyclic) bond motifs is 14. The van der Waals surface area contributed by atoms with Gasteiger partial charge in [0.1, 0.15) is 0 Å². The Morgan fingerprint density at radius 3 is 1.95 bits per heavy atom. The molecule has 0 atom stereocenters. The van der Waals surface area contributed by atoms with Crippen molar-refractivity contribution in [1.82, 2.24) is 9.05 Å². The maximum absolute atomic E-state index is 2.72. The van der Waals surface area contributed by atoms with E-state index in [0.717, 1.165) is 0 Å². The van der Waals surface area contributed by atoms with E-state index in [1.165, 1.54) is 95.7 Å². The lowest BCUT2D eigenvalue weighted by atomic mass is 9.45. The average molecular weight is 585 g/mol. The molecule has 11 rings (SSSR count). The molecular weight excluding hydrogens is 559 g/mol. The molecule has 9 aromatic rings. The largest absolute Gasteiger partial charge is 0.374 e. The lowest BCUT2D eigenvalue weighted by Crippen LogP contribution is -2.55. The fourth-order valence-electron chi connectivity index (χ4n) is 8.22. The van der Waals surface area contributed by atoms with Crippen molar-refractivity contribution in [3.05, 3.63) is 103 Å². The first kappa shape index (κ1) is 23.2. The second-order valence-corrected chi connectivity index (χ2v) is 15.4. The van der Waals surface area contributed by atoms with Crippen molar-refractivity contribution < 1.29 is 0 Å². The minimum absolute atomic E-state index is 0.0178. The van der Waals surface area contributed by atoms with E-state index < -0.39 is 0 Å². The maximum atomic E-state index is 2.72. The minimum Gasteiger partial charge on any atom is -0.374 e. The summed E-state index contributed by atoms with van der Waals surface area (Å²) in [5, 5.41) is 5.46. The van der Waals surface area contributed by atoms with Gasteiger partial charge in [0.2, 0.25) is 0 Å². The Bertz CT molecular complexity index is 2730. The van der Waals surface area contributed by atoms with Gasteiger partial charge in [-0.15, -0.1) is 22.7 Å². The Balaban J connectivity index is 1.43. The average Bonchev–Trinajstić information content (AvgIpc) is 3.75. The predicted molar refractivity (Wildman–Crippen MR) is 189 cm³/mol. The van der Waals surface area contributed by atoms with Crippen LogP contribution < -0.4 is 10.9 Å². The number of hydrogen-bond donors (Lipinski definition) is 0. The number of benzene rings is 5. The molecule has 0 radical (unpaired) electrons. The zero-order valence-electron chi connectivity index (χ0n) is 24.0. The summed E-state index contributed by atoms with van der Waals surface area (Å²) in [6, 6.07) is 37.0. The highest BCUT2D eigenvalue weighted by molar-refractivity contribution is 7.27. The molecule has 0 N–H and O–H groups in total. The van der Waals surface area contributed by atoms with Crippen molar-refractivity contribution in [3.8, 4) is 16.8 Å². The monoisotopic (exact) mass is 584 g/mol. The first-order chi connectivity index (χ1) is 21.0. The highest BCUT2D eigenvalue weighted by Gasteiger charge is 2.42. The quantitative estimate of drug-likeness (QED) is 0.157. The second kappa shape index (κ2) is 7.42. The van der Waals surface area contributed by atoms with Gasteiger partial charge in [0.15, 0.2) is 0 Å². The minimum atomic E-state index is 0.0178. The molecule has 0 spiro atoms. The number of rotatable bonds is 0. The van der Waals surface area contributed by atoms with E-state index in [9.17, 15) is 0 Å². The fraction of sp³-hybridized carbons (Fsp3) is 0.105. The van der Waals surface area contributed by atoms with Crippen LogP contribution in [0.3, 0.4) is 0 Å². The van der Waals surface area contributed by atoms with Crippen LogP contribution in [0.15, 0.2) is 97.1 Å². The van der Waals surface area contributed by atoms with Crippen LogP contribution in [-0.4, -0.2) is 15.9 Å². The highest BCUT2D eigenvalue weighted by atomic mass is 32.1. The Morgan fingerprint density at radius 2 is 1.21 bits per heavy atom. The van der Waals surface area contributed by atoms with Crippen LogP contribution in [-0.2, 0) is 5.41 Å². The Morgan fingerprint density at radius 1 is 0.581 bits per heavy atom. The maximum Gasteiger partial charge on any atom is 0.333 e. The molecule has 0 saturated carbocycles. The molecule has 5 heteroatoms. The van der Waals surface area contributed by atoms with Gasteiger partial charge < -0.3 is 9.05 Å². The van der Waals surface area contributed by atoms with Gasteiger partial charge in [-0.1, -0.05) is 99.6 Å². The summed E-state index contributed by atoms with van der Waals surface area (Å²) in [5.74, 6) is 0. The van der Waals surface area contributed by atoms with Crippen LogP contribution in [0, 0.1) is 0 Å². The molecule has 2 nitrogen and oxygen atoms in total. The van der Waals surface area contributed by atoms with Crippen LogP contribution >= 0.6 is 22.7 Å². The third-order valence-electron chi connectivity index (χ3n) is 10.0. The summed E-state index contributed by atoms with van der Waals surface area (Å²) in [6.45, 7) is 7.17. The van der Waals surface area contributed by atoms with Gasteiger partial charge in [0, 0.05) is 47.7 Å². The summed E-state index contributed by atoms with van der Waals surface area (Å²) >= 11 is 3.89. The number of aromatic nitrogens is 2. The molecule has 0 aliphatic carbocycles. The third kappa shape index (κ3) is 2.61. The van der Waals surface area contributed by atoms with E-state index in [2.05, 4.69) is 127 Å². The summed E-state index contributed by atoms with van der Waals surface area (Å²) in [4.78, 5) is 0. The highest BCUT2D eigenvalue weighted by Crippen LogP contribution is 2.49. The standard InChI is InChI=1S/C38H25BN2S2/c1-38(2,3)20-18-26-21-12-8-13-24-32(21)41(35-23-11-5-7-17-30(23)43-37(24)35)39-27-15-9-14-25-33(27)40(28(19-20)31(26)39)34-22-10-4-6-16-29(22)42-36(25)34/h4-19H,1-3H3. The van der Waals surface area contributed by atoms with Crippen molar-refractivity contribution in [1.29, 1.82) is 0 Å². The first-order valence-electron chi connectivity index (χ1n) is 15.1. The third-order valence-corrected chi connectivity index (χ3v) is 12.4. The number of para-hydroxylation sites is 2. The summed E-state index contributed by atoms with van der Waals surface area (Å²) in [6.07, 6.45) is 0. The molecule has 0 fully saturated rings. The zero-order valence-corrected chi connectivity index (χ0v) is 25.7. The molecule has 0 unspecified atom stereocenters. The van der Waals surface area contributed by atoms with Crippen molar-refractivity contribution in [2.75, 3.05) is 0 Å². The van der Waals surface area contributed by atoms with Gasteiger partial charge in [0.25, 0.3) is 0 Å². The zero-order chi connectivity index (χ0) is 28.4. The predicted octanol–water partition coefficient (Wildman–Crippen LogP) is 9.57. The van der Waals surface area contributed by atoms with Gasteiger partial charge in [-0.3, -0.25) is 0 Å². The SMILES string of the molecule is CC(C)(C)c1cc2c3c(c1)-n1c4c(cccc4c4sc5ccccc5c41)B3n1c3c-2cccc3c2sc3ccccc3c21. The van der Waals surface area contributed by atoms with E-state index >= 15 is 0 Å². The van der Waals surface area contributed by atoms with Crippen molar-refractivity contribution >= 4 is 103 Å². The van der Waals surface area contributed by atoms with Gasteiger partial charge in [-0.25, -0.2) is 0 Å². The molecule has 2 aliphatic heterocycles. The molecule has 202 valence electrons. The molecule has 0 bridgehead atoms. The van der Waals surface area contributed by atoms with E-state index in [-0.39, 0.29) is 12.3 Å². The van der Waals surface area contributed by atoms with Crippen LogP contribution in [0.4, 0.5) is 0 Å². The topological polar surface area (TPSA) is 9.86 Å². The molecule has 0 amide bonds. The van der Waals surface area contributed by atoms with Gasteiger partial charge in [-0.2, -0.15) is 0 Å². The molecule has 0 saturated heterocycles. The van der Waals surface area contributed by atoms with Crippen LogP contribution in [0.2, 0.25) is 0 Å². The Kier molecular flexibility index (Phi) is 4.00. The van der Waals surface area contributed by atoms with Gasteiger partial charge in [-0.05, 0) is 45.7 Å². The number of hydrogen-bond acceptors (Lipinski definition) is 2. The van der Waals surface area contributed by atoms with Crippen molar-refractivity contribution in [2.45, 2.75) is 26.2 Å². The van der Waals surface area contributed by atoms with Crippen molar-refractivity contribution in [3.63, 3.8) is 0 Å². The van der Waals surface area contributed by atoms with Gasteiger partial charge >= 0.3 is 6.85 Å². The molecule has 6 heterocycles. The number of nitrogens with zero attached hydrogens (tertiary/aromatic N) is 2.